The highest BCUT2D eigenvalue weighted by Gasteiger charge is 2.74. The van der Waals surface area contributed by atoms with E-state index < -0.39 is 34.1 Å². The van der Waals surface area contributed by atoms with Gasteiger partial charge in [-0.05, 0) is 31.5 Å². The standard InChI is InChI=1S/C22H17ClN4O5/c23-14-7-2-6-13-18(14)24-21(30)22(13)17-16(15-8-3-9-25(15)22)19(28)26(20(17)29)11-4-1-5-12(10-11)27(31)32/h1-2,4-7,10,15-17H,3,8-9H2,(H,24,30)/t15-,16-,17-,22+/m0/s1. The number of non-ortho nitro benzene ring substituents is 1. The van der Waals surface area contributed by atoms with E-state index >= 15 is 0 Å². The number of fused-ring (bicyclic) bond motifs is 7. The van der Waals surface area contributed by atoms with Crippen LogP contribution in [0.5, 0.6) is 0 Å². The predicted molar refractivity (Wildman–Crippen MR) is 114 cm³/mol. The van der Waals surface area contributed by atoms with Crippen molar-refractivity contribution in [2.75, 3.05) is 16.8 Å². The lowest BCUT2D eigenvalue weighted by Crippen LogP contribution is -2.54. The van der Waals surface area contributed by atoms with Crippen LogP contribution in [0.4, 0.5) is 17.1 Å². The van der Waals surface area contributed by atoms with Gasteiger partial charge in [-0.1, -0.05) is 29.8 Å². The SMILES string of the molecule is O=C1[C@@H]2[C@@H](C(=O)N1c1cccc([N+](=O)[O-])c1)[C@]1(C(=O)Nc3c(Cl)cccc31)N1CCC[C@@H]21. The summed E-state index contributed by atoms with van der Waals surface area (Å²) in [6.45, 7) is 0.592. The van der Waals surface area contributed by atoms with Crippen LogP contribution in [0.15, 0.2) is 42.5 Å². The fraction of sp³-hybridized carbons (Fsp3) is 0.318. The molecule has 2 aromatic carbocycles. The second-order valence-electron chi connectivity index (χ2n) is 8.58. The summed E-state index contributed by atoms with van der Waals surface area (Å²) < 4.78 is 0. The number of anilines is 2. The van der Waals surface area contributed by atoms with Crippen molar-refractivity contribution in [2.24, 2.45) is 11.8 Å². The molecule has 4 atom stereocenters. The minimum absolute atomic E-state index is 0.146. The first-order valence-electron chi connectivity index (χ1n) is 10.4. The molecule has 9 nitrogen and oxygen atoms in total. The van der Waals surface area contributed by atoms with Gasteiger partial charge in [-0.2, -0.15) is 0 Å². The van der Waals surface area contributed by atoms with Crippen LogP contribution in [0.3, 0.4) is 0 Å². The molecule has 1 spiro atoms. The van der Waals surface area contributed by atoms with Gasteiger partial charge in [0.05, 0.1) is 33.2 Å². The maximum atomic E-state index is 13.8. The number of carbonyl (C=O) groups excluding carboxylic acids is 3. The molecule has 0 radical (unpaired) electrons. The van der Waals surface area contributed by atoms with E-state index in [2.05, 4.69) is 5.32 Å². The van der Waals surface area contributed by atoms with Crippen LogP contribution in [-0.4, -0.2) is 40.1 Å². The van der Waals surface area contributed by atoms with Crippen LogP contribution < -0.4 is 10.2 Å². The van der Waals surface area contributed by atoms with Crippen LogP contribution in [-0.2, 0) is 19.9 Å². The van der Waals surface area contributed by atoms with E-state index in [1.807, 2.05) is 4.90 Å². The monoisotopic (exact) mass is 452 g/mol. The maximum Gasteiger partial charge on any atom is 0.271 e. The first-order chi connectivity index (χ1) is 15.4. The number of nitro benzene ring substituents is 1. The zero-order chi connectivity index (χ0) is 22.4. The molecule has 3 fully saturated rings. The Bertz CT molecular complexity index is 1250. The number of amides is 3. The molecule has 0 aliphatic carbocycles. The van der Waals surface area contributed by atoms with Crippen molar-refractivity contribution < 1.29 is 19.3 Å². The lowest BCUT2D eigenvalue weighted by Gasteiger charge is -2.36. The lowest BCUT2D eigenvalue weighted by atomic mass is 9.75. The summed E-state index contributed by atoms with van der Waals surface area (Å²) in [4.78, 5) is 54.6. The minimum atomic E-state index is -1.33. The van der Waals surface area contributed by atoms with Crippen LogP contribution in [0.25, 0.3) is 0 Å². The van der Waals surface area contributed by atoms with E-state index in [9.17, 15) is 24.5 Å². The number of nitrogens with one attached hydrogen (secondary N) is 1. The highest BCUT2D eigenvalue weighted by atomic mass is 35.5. The minimum Gasteiger partial charge on any atom is -0.323 e. The summed E-state index contributed by atoms with van der Waals surface area (Å²) in [5.41, 5.74) is -0.314. The van der Waals surface area contributed by atoms with Gasteiger partial charge >= 0.3 is 0 Å². The van der Waals surface area contributed by atoms with E-state index in [1.54, 1.807) is 18.2 Å². The Labute approximate surface area is 187 Å². The van der Waals surface area contributed by atoms with Crippen molar-refractivity contribution in [3.8, 4) is 0 Å². The van der Waals surface area contributed by atoms with Gasteiger partial charge in [-0.3, -0.25) is 29.4 Å². The molecule has 4 aliphatic heterocycles. The van der Waals surface area contributed by atoms with E-state index in [0.717, 1.165) is 11.3 Å². The van der Waals surface area contributed by atoms with Gasteiger partial charge in [0.2, 0.25) is 11.8 Å². The molecule has 0 aromatic heterocycles. The van der Waals surface area contributed by atoms with Crippen molar-refractivity contribution in [2.45, 2.75) is 24.4 Å². The number of nitrogens with zero attached hydrogens (tertiary/aromatic N) is 3. The van der Waals surface area contributed by atoms with Crippen molar-refractivity contribution in [1.29, 1.82) is 0 Å². The van der Waals surface area contributed by atoms with Gasteiger partial charge in [0.25, 0.3) is 11.6 Å². The Morgan fingerprint density at radius 1 is 1.12 bits per heavy atom. The number of nitro groups is 1. The number of para-hydroxylation sites is 1. The number of hydrogen-bond donors (Lipinski definition) is 1. The normalized spacial score (nSPS) is 30.6. The largest absolute Gasteiger partial charge is 0.323 e. The Kier molecular flexibility index (Phi) is 3.86. The van der Waals surface area contributed by atoms with Crippen LogP contribution in [0.2, 0.25) is 5.02 Å². The summed E-state index contributed by atoms with van der Waals surface area (Å²) in [5.74, 6) is -2.93. The molecular formula is C22H17ClN4O5. The molecule has 3 amide bonds. The molecule has 1 N–H and O–H groups in total. The Hall–Kier alpha value is -3.30. The third-order valence-corrected chi connectivity index (χ3v) is 7.59. The molecule has 10 heteroatoms. The molecule has 4 heterocycles. The van der Waals surface area contributed by atoms with Crippen molar-refractivity contribution in [1.82, 2.24) is 4.90 Å². The predicted octanol–water partition coefficient (Wildman–Crippen LogP) is 2.68. The van der Waals surface area contributed by atoms with Gasteiger partial charge in [0.15, 0.2) is 0 Å². The number of carbonyl (C=O) groups is 3. The van der Waals surface area contributed by atoms with Gasteiger partial charge in [-0.25, -0.2) is 4.90 Å². The summed E-state index contributed by atoms with van der Waals surface area (Å²) in [7, 11) is 0. The van der Waals surface area contributed by atoms with E-state index in [4.69, 9.17) is 11.6 Å². The summed E-state index contributed by atoms with van der Waals surface area (Å²) in [6, 6.07) is 10.4. The van der Waals surface area contributed by atoms with Crippen molar-refractivity contribution >= 4 is 46.4 Å². The zero-order valence-corrected chi connectivity index (χ0v) is 17.4. The Morgan fingerprint density at radius 2 is 1.91 bits per heavy atom. The smallest absolute Gasteiger partial charge is 0.271 e. The molecular weight excluding hydrogens is 436 g/mol. The number of benzene rings is 2. The average molecular weight is 453 g/mol. The van der Waals surface area contributed by atoms with Crippen LogP contribution in [0.1, 0.15) is 18.4 Å². The first-order valence-corrected chi connectivity index (χ1v) is 10.7. The molecule has 32 heavy (non-hydrogen) atoms. The first kappa shape index (κ1) is 19.4. The van der Waals surface area contributed by atoms with Gasteiger partial charge in [0, 0.05) is 23.7 Å². The quantitative estimate of drug-likeness (QED) is 0.426. The maximum absolute atomic E-state index is 13.8. The molecule has 6 rings (SSSR count). The molecule has 2 aromatic rings. The Morgan fingerprint density at radius 3 is 2.69 bits per heavy atom. The molecule has 162 valence electrons. The average Bonchev–Trinajstić information content (AvgIpc) is 3.47. The third-order valence-electron chi connectivity index (χ3n) is 7.28. The molecule has 0 unspecified atom stereocenters. The number of imide groups is 1. The number of rotatable bonds is 2. The second kappa shape index (κ2) is 6.36. The molecule has 0 saturated carbocycles. The summed E-state index contributed by atoms with van der Waals surface area (Å²) in [6.07, 6.45) is 1.49. The van der Waals surface area contributed by atoms with Crippen molar-refractivity contribution in [3.05, 3.63) is 63.2 Å². The van der Waals surface area contributed by atoms with Gasteiger partial charge in [-0.15, -0.1) is 0 Å². The highest BCUT2D eigenvalue weighted by Crippen LogP contribution is 2.61. The van der Waals surface area contributed by atoms with Crippen LogP contribution in [0, 0.1) is 22.0 Å². The topological polar surface area (TPSA) is 113 Å². The zero-order valence-electron chi connectivity index (χ0n) is 16.7. The van der Waals surface area contributed by atoms with Gasteiger partial charge < -0.3 is 5.32 Å². The van der Waals surface area contributed by atoms with E-state index in [0.29, 0.717) is 29.2 Å². The summed E-state index contributed by atoms with van der Waals surface area (Å²) in [5, 5.41) is 14.5. The lowest BCUT2D eigenvalue weighted by molar-refractivity contribution is -0.384. The van der Waals surface area contributed by atoms with Crippen molar-refractivity contribution in [3.63, 3.8) is 0 Å². The molecule has 0 bridgehead atoms. The van der Waals surface area contributed by atoms with E-state index in [-0.39, 0.29) is 23.3 Å². The fourth-order valence-corrected chi connectivity index (χ4v) is 6.42. The number of halogens is 1. The summed E-state index contributed by atoms with van der Waals surface area (Å²) >= 11 is 6.36. The molecule has 3 saturated heterocycles. The molecule has 4 aliphatic rings. The Balaban J connectivity index is 1.54. The number of hydrogen-bond acceptors (Lipinski definition) is 6. The van der Waals surface area contributed by atoms with E-state index in [1.165, 1.54) is 24.3 Å². The van der Waals surface area contributed by atoms with Crippen LogP contribution >= 0.6 is 11.6 Å². The highest BCUT2D eigenvalue weighted by molar-refractivity contribution is 6.35. The fourth-order valence-electron chi connectivity index (χ4n) is 6.19. The third kappa shape index (κ3) is 2.14. The second-order valence-corrected chi connectivity index (χ2v) is 8.99. The van der Waals surface area contributed by atoms with Gasteiger partial charge in [0.1, 0.15) is 5.54 Å².